The quantitative estimate of drug-likeness (QED) is 0.889. The van der Waals surface area contributed by atoms with Crippen molar-refractivity contribution < 1.29 is 14.0 Å². The van der Waals surface area contributed by atoms with E-state index in [1.807, 2.05) is 5.38 Å². The van der Waals surface area contributed by atoms with Crippen molar-refractivity contribution in [3.8, 4) is 0 Å². The highest BCUT2D eigenvalue weighted by atomic mass is 32.1. The number of carbonyl (C=O) groups excluding carboxylic acids is 2. The molecular weight excluding hydrogens is 303 g/mol. The van der Waals surface area contributed by atoms with Gasteiger partial charge < -0.3 is 10.2 Å². The molecule has 0 unspecified atom stereocenters. The number of carbonyl (C=O) groups is 2. The zero-order valence-corrected chi connectivity index (χ0v) is 13.0. The van der Waals surface area contributed by atoms with Crippen LogP contribution in [0.1, 0.15) is 21.7 Å². The summed E-state index contributed by atoms with van der Waals surface area (Å²) in [5.41, 5.74) is 0.735. The maximum Gasteiger partial charge on any atom is 0.261 e. The molecule has 1 aromatic heterocycles. The Kier molecular flexibility index (Phi) is 5.66. The van der Waals surface area contributed by atoms with Crippen molar-refractivity contribution in [1.82, 2.24) is 10.2 Å². The molecule has 0 aliphatic heterocycles. The molecule has 0 radical (unpaired) electrons. The van der Waals surface area contributed by atoms with Gasteiger partial charge in [-0.3, -0.25) is 9.59 Å². The van der Waals surface area contributed by atoms with E-state index in [1.165, 1.54) is 28.4 Å². The van der Waals surface area contributed by atoms with Gasteiger partial charge in [-0.15, -0.1) is 11.3 Å². The maximum atomic E-state index is 13.1. The largest absolute Gasteiger partial charge is 0.351 e. The molecule has 0 fully saturated rings. The summed E-state index contributed by atoms with van der Waals surface area (Å²) in [6.45, 7) is 0.624. The van der Waals surface area contributed by atoms with E-state index in [0.717, 1.165) is 5.56 Å². The molecule has 22 heavy (non-hydrogen) atoms. The Hall–Kier alpha value is -2.21. The van der Waals surface area contributed by atoms with Crippen LogP contribution in [0.4, 0.5) is 4.39 Å². The second-order valence-corrected chi connectivity index (χ2v) is 5.81. The average molecular weight is 320 g/mol. The molecule has 0 aliphatic rings. The number of benzene rings is 1. The van der Waals surface area contributed by atoms with Crippen LogP contribution in [0.5, 0.6) is 0 Å². The molecule has 0 bridgehead atoms. The summed E-state index contributed by atoms with van der Waals surface area (Å²) in [7, 11) is 1.66. The summed E-state index contributed by atoms with van der Waals surface area (Å²) in [5, 5.41) is 4.53. The summed E-state index contributed by atoms with van der Waals surface area (Å²) < 4.78 is 13.1. The number of thiophene rings is 1. The first-order valence-corrected chi connectivity index (χ1v) is 7.74. The maximum absolute atomic E-state index is 13.1. The van der Waals surface area contributed by atoms with Gasteiger partial charge >= 0.3 is 0 Å². The number of amides is 2. The van der Waals surface area contributed by atoms with Crippen molar-refractivity contribution in [3.63, 3.8) is 0 Å². The Morgan fingerprint density at radius 2 is 2.09 bits per heavy atom. The molecule has 0 spiro atoms. The SMILES string of the molecule is CN(Cc1cccc(F)c1)C(=O)CCNC(=O)c1cccs1. The van der Waals surface area contributed by atoms with Crippen LogP contribution in [0, 0.1) is 5.82 Å². The molecule has 0 saturated carbocycles. The van der Waals surface area contributed by atoms with Gasteiger partial charge in [0.25, 0.3) is 5.91 Å². The van der Waals surface area contributed by atoms with Gasteiger partial charge in [0.2, 0.25) is 5.91 Å². The molecular formula is C16H17FN2O2S. The summed E-state index contributed by atoms with van der Waals surface area (Å²) in [6.07, 6.45) is 0.211. The third-order valence-electron chi connectivity index (χ3n) is 3.10. The minimum absolute atomic E-state index is 0.101. The van der Waals surface area contributed by atoms with Crippen molar-refractivity contribution in [3.05, 3.63) is 58.0 Å². The lowest BCUT2D eigenvalue weighted by Gasteiger charge is -2.17. The first-order valence-electron chi connectivity index (χ1n) is 6.86. The van der Waals surface area contributed by atoms with Gasteiger partial charge in [-0.25, -0.2) is 4.39 Å². The number of nitrogens with zero attached hydrogens (tertiary/aromatic N) is 1. The van der Waals surface area contributed by atoms with Gasteiger partial charge in [0.05, 0.1) is 4.88 Å². The normalized spacial score (nSPS) is 10.3. The van der Waals surface area contributed by atoms with E-state index in [1.54, 1.807) is 31.3 Å². The lowest BCUT2D eigenvalue weighted by atomic mass is 10.2. The van der Waals surface area contributed by atoms with E-state index >= 15 is 0 Å². The van der Waals surface area contributed by atoms with E-state index in [-0.39, 0.29) is 30.6 Å². The zero-order valence-electron chi connectivity index (χ0n) is 12.2. The molecule has 0 saturated heterocycles. The van der Waals surface area contributed by atoms with Crippen LogP contribution in [-0.4, -0.2) is 30.3 Å². The lowest BCUT2D eigenvalue weighted by Crippen LogP contribution is -2.31. The molecule has 1 heterocycles. The molecule has 116 valence electrons. The number of hydrogen-bond donors (Lipinski definition) is 1. The number of rotatable bonds is 6. The Morgan fingerprint density at radius 3 is 2.77 bits per heavy atom. The summed E-state index contributed by atoms with van der Waals surface area (Å²) in [6, 6.07) is 9.69. The highest BCUT2D eigenvalue weighted by Gasteiger charge is 2.11. The van der Waals surface area contributed by atoms with Crippen molar-refractivity contribution >= 4 is 23.2 Å². The second-order valence-electron chi connectivity index (χ2n) is 4.86. The van der Waals surface area contributed by atoms with Crippen LogP contribution in [0.2, 0.25) is 0 Å². The fraction of sp³-hybridized carbons (Fsp3) is 0.250. The van der Waals surface area contributed by atoms with Crippen molar-refractivity contribution in [2.45, 2.75) is 13.0 Å². The summed E-state index contributed by atoms with van der Waals surface area (Å²) in [4.78, 5) is 25.8. The minimum Gasteiger partial charge on any atom is -0.351 e. The van der Waals surface area contributed by atoms with Crippen LogP contribution < -0.4 is 5.32 Å². The van der Waals surface area contributed by atoms with Gasteiger partial charge in [0.1, 0.15) is 5.82 Å². The third-order valence-corrected chi connectivity index (χ3v) is 3.97. The molecule has 2 aromatic rings. The van der Waals surface area contributed by atoms with Crippen molar-refractivity contribution in [2.24, 2.45) is 0 Å². The van der Waals surface area contributed by atoms with Crippen LogP contribution in [0.25, 0.3) is 0 Å². The minimum atomic E-state index is -0.318. The predicted octanol–water partition coefficient (Wildman–Crippen LogP) is 2.67. The van der Waals surface area contributed by atoms with Crippen LogP contribution in [-0.2, 0) is 11.3 Å². The number of halogens is 1. The van der Waals surface area contributed by atoms with Gasteiger partial charge in [-0.1, -0.05) is 18.2 Å². The summed E-state index contributed by atoms with van der Waals surface area (Å²) in [5.74, 6) is -0.590. The Labute approximate surface area is 132 Å². The van der Waals surface area contributed by atoms with Crippen LogP contribution in [0.15, 0.2) is 41.8 Å². The first kappa shape index (κ1) is 16.2. The van der Waals surface area contributed by atoms with Crippen molar-refractivity contribution in [2.75, 3.05) is 13.6 Å². The number of hydrogen-bond acceptors (Lipinski definition) is 3. The van der Waals surface area contributed by atoms with E-state index in [4.69, 9.17) is 0 Å². The predicted molar refractivity (Wildman–Crippen MR) is 84.1 cm³/mol. The second kappa shape index (κ2) is 7.70. The Morgan fingerprint density at radius 1 is 1.27 bits per heavy atom. The molecule has 0 atom stereocenters. The molecule has 1 aromatic carbocycles. The van der Waals surface area contributed by atoms with Gasteiger partial charge in [0.15, 0.2) is 0 Å². The standard InChI is InChI=1S/C16H17FN2O2S/c1-19(11-12-4-2-5-13(17)10-12)15(20)7-8-18-16(21)14-6-3-9-22-14/h2-6,9-10H,7-8,11H2,1H3,(H,18,21). The van der Waals surface area contributed by atoms with E-state index in [0.29, 0.717) is 11.4 Å². The van der Waals surface area contributed by atoms with Crippen LogP contribution >= 0.6 is 11.3 Å². The van der Waals surface area contributed by atoms with E-state index < -0.39 is 0 Å². The highest BCUT2D eigenvalue weighted by molar-refractivity contribution is 7.12. The summed E-state index contributed by atoms with van der Waals surface area (Å²) >= 11 is 1.36. The first-order chi connectivity index (χ1) is 10.6. The zero-order chi connectivity index (χ0) is 15.9. The molecule has 6 heteroatoms. The topological polar surface area (TPSA) is 49.4 Å². The molecule has 1 N–H and O–H groups in total. The molecule has 2 amide bonds. The van der Waals surface area contributed by atoms with E-state index in [2.05, 4.69) is 5.32 Å². The van der Waals surface area contributed by atoms with Gasteiger partial charge in [-0.2, -0.15) is 0 Å². The third kappa shape index (κ3) is 4.66. The fourth-order valence-electron chi connectivity index (χ4n) is 1.97. The van der Waals surface area contributed by atoms with Crippen molar-refractivity contribution in [1.29, 1.82) is 0 Å². The smallest absolute Gasteiger partial charge is 0.261 e. The average Bonchev–Trinajstić information content (AvgIpc) is 3.01. The molecule has 4 nitrogen and oxygen atoms in total. The van der Waals surface area contributed by atoms with Gasteiger partial charge in [-0.05, 0) is 29.1 Å². The number of nitrogens with one attached hydrogen (secondary N) is 1. The Balaban J connectivity index is 1.76. The monoisotopic (exact) mass is 320 g/mol. The highest BCUT2D eigenvalue weighted by Crippen LogP contribution is 2.08. The lowest BCUT2D eigenvalue weighted by molar-refractivity contribution is -0.130. The molecule has 2 rings (SSSR count). The van der Waals surface area contributed by atoms with E-state index in [9.17, 15) is 14.0 Å². The Bertz CT molecular complexity index is 643. The fourth-order valence-corrected chi connectivity index (χ4v) is 2.61. The van der Waals surface area contributed by atoms with Gasteiger partial charge in [0, 0.05) is 26.6 Å². The van der Waals surface area contributed by atoms with Crippen LogP contribution in [0.3, 0.4) is 0 Å². The molecule has 0 aliphatic carbocycles.